The Labute approximate surface area is 279 Å². The topological polar surface area (TPSA) is 196 Å². The summed E-state index contributed by atoms with van der Waals surface area (Å²) in [7, 11) is -10.7. The number of aryl methyl sites for hydroxylation is 2. The number of hydrogen-bond acceptors (Lipinski definition) is 15. The van der Waals surface area contributed by atoms with Gasteiger partial charge in [-0.25, -0.2) is 4.98 Å². The zero-order valence-corrected chi connectivity index (χ0v) is 29.4. The molecule has 0 aliphatic heterocycles. The Morgan fingerprint density at radius 2 is 1.27 bits per heavy atom. The van der Waals surface area contributed by atoms with E-state index in [1.54, 1.807) is 39.0 Å². The van der Waals surface area contributed by atoms with Crippen molar-refractivity contribution in [2.45, 2.75) is 27.4 Å². The van der Waals surface area contributed by atoms with Gasteiger partial charge in [-0.3, -0.25) is 0 Å². The summed E-state index contributed by atoms with van der Waals surface area (Å²) < 4.78 is 106. The number of methoxy groups -OCH3 is 1. The van der Waals surface area contributed by atoms with Crippen LogP contribution in [-0.4, -0.2) is 72.9 Å². The summed E-state index contributed by atoms with van der Waals surface area (Å²) in [5.74, 6) is -0.0877. The van der Waals surface area contributed by atoms with Crippen molar-refractivity contribution in [3.63, 3.8) is 0 Å². The Hall–Kier alpha value is -4.68. The first-order valence-corrected chi connectivity index (χ1v) is 19.4. The second kappa shape index (κ2) is 14.2. The lowest BCUT2D eigenvalue weighted by atomic mass is 9.96. The van der Waals surface area contributed by atoms with Crippen LogP contribution >= 0.6 is 0 Å². The predicted molar refractivity (Wildman–Crippen MR) is 175 cm³/mol. The van der Waals surface area contributed by atoms with E-state index in [-0.39, 0.29) is 64.7 Å². The molecule has 0 radical (unpaired) electrons. The Morgan fingerprint density at radius 1 is 0.646 bits per heavy atom. The quantitative estimate of drug-likeness (QED) is 0.170. The summed E-state index contributed by atoms with van der Waals surface area (Å²) in [6.07, 6.45) is 2.61. The van der Waals surface area contributed by atoms with E-state index in [9.17, 15) is 25.3 Å². The van der Waals surface area contributed by atoms with Crippen LogP contribution in [0.2, 0.25) is 0 Å². The van der Waals surface area contributed by atoms with E-state index >= 15 is 0 Å². The van der Waals surface area contributed by atoms with Crippen LogP contribution in [0.1, 0.15) is 24.1 Å². The number of rotatable bonds is 14. The fourth-order valence-corrected chi connectivity index (χ4v) is 5.74. The Kier molecular flexibility index (Phi) is 10.7. The molecule has 258 valence electrons. The second-order valence-corrected chi connectivity index (χ2v) is 15.1. The van der Waals surface area contributed by atoms with Crippen molar-refractivity contribution in [2.75, 3.05) is 32.5 Å². The summed E-state index contributed by atoms with van der Waals surface area (Å²) in [5, 5.41) is 8.01. The second-order valence-electron chi connectivity index (χ2n) is 10.3. The van der Waals surface area contributed by atoms with Gasteiger partial charge in [0.05, 0.1) is 49.4 Å². The molecule has 15 nitrogen and oxygen atoms in total. The van der Waals surface area contributed by atoms with Gasteiger partial charge in [-0.1, -0.05) is 18.2 Å². The monoisotopic (exact) mass is 723 g/mol. The van der Waals surface area contributed by atoms with Gasteiger partial charge in [-0.05, 0) is 62.2 Å². The highest BCUT2D eigenvalue weighted by Gasteiger charge is 2.28. The molecule has 4 aromatic rings. The van der Waals surface area contributed by atoms with Gasteiger partial charge in [0.1, 0.15) is 18.1 Å². The van der Waals surface area contributed by atoms with Gasteiger partial charge in [-0.15, -0.1) is 5.10 Å². The highest BCUT2D eigenvalue weighted by molar-refractivity contribution is 7.86. The van der Waals surface area contributed by atoms with Crippen LogP contribution < -0.4 is 26.8 Å². The maximum atomic E-state index is 12.6. The lowest BCUT2D eigenvalue weighted by Crippen LogP contribution is -2.11. The zero-order chi connectivity index (χ0) is 35.4. The predicted octanol–water partition coefficient (Wildman–Crippen LogP) is 3.82. The maximum absolute atomic E-state index is 12.6. The zero-order valence-electron chi connectivity index (χ0n) is 27.0. The minimum absolute atomic E-state index is 0.000744. The third-order valence-electron chi connectivity index (χ3n) is 6.32. The Bertz CT molecular complexity index is 2160. The van der Waals surface area contributed by atoms with Gasteiger partial charge in [0, 0.05) is 5.56 Å². The van der Waals surface area contributed by atoms with E-state index < -0.39 is 30.4 Å². The number of benzene rings is 3. The van der Waals surface area contributed by atoms with Crippen molar-refractivity contribution in [3.8, 4) is 56.8 Å². The molecule has 0 N–H and O–H groups in total. The molecule has 0 bridgehead atoms. The maximum Gasteiger partial charge on any atom is 0.306 e. The molecule has 0 spiro atoms. The van der Waals surface area contributed by atoms with Crippen LogP contribution in [0.5, 0.6) is 34.5 Å². The van der Waals surface area contributed by atoms with Crippen LogP contribution in [-0.2, 0) is 37.0 Å². The van der Waals surface area contributed by atoms with Crippen LogP contribution in [0, 0.1) is 13.8 Å². The van der Waals surface area contributed by atoms with E-state index in [2.05, 4.69) is 15.2 Å². The molecule has 0 unspecified atom stereocenters. The third-order valence-corrected chi connectivity index (χ3v) is 7.77. The SMILES string of the molecule is CCOc1c(-c2ccc(OS(C)(=O)=O)cc2)cc(OC)c(-c2ccc(OCc3nnc(C)c(C)n3)c(OS(C)(=O)=O)c2)c1OS(C)(=O)=O. The molecule has 0 aliphatic carbocycles. The molecule has 48 heavy (non-hydrogen) atoms. The summed E-state index contributed by atoms with van der Waals surface area (Å²) in [4.78, 5) is 4.31. The Morgan fingerprint density at radius 3 is 1.83 bits per heavy atom. The van der Waals surface area contributed by atoms with Crippen molar-refractivity contribution in [3.05, 3.63) is 65.7 Å². The third kappa shape index (κ3) is 9.45. The van der Waals surface area contributed by atoms with E-state index in [4.69, 9.17) is 26.8 Å². The summed E-state index contributed by atoms with van der Waals surface area (Å²) in [6.45, 7) is 5.10. The normalized spacial score (nSPS) is 11.9. The molecule has 0 saturated carbocycles. The number of hydrogen-bond donors (Lipinski definition) is 0. The smallest absolute Gasteiger partial charge is 0.306 e. The summed E-state index contributed by atoms with van der Waals surface area (Å²) in [6, 6.07) is 11.7. The minimum Gasteiger partial charge on any atom is -0.496 e. The largest absolute Gasteiger partial charge is 0.496 e. The molecule has 18 heteroatoms. The first-order valence-electron chi connectivity index (χ1n) is 14.0. The van der Waals surface area contributed by atoms with Crippen molar-refractivity contribution in [2.24, 2.45) is 0 Å². The average molecular weight is 724 g/mol. The lowest BCUT2D eigenvalue weighted by molar-refractivity contribution is 0.284. The molecule has 1 heterocycles. The molecule has 0 fully saturated rings. The standard InChI is InChI=1S/C30H33N3O12S3/c1-8-41-29-23(20-9-12-22(13-10-20)43-46(5,34)35)16-26(40-4)28(30(29)45-48(7,38)39)21-11-14-24(25(15-21)44-47(6,36)37)42-17-27-31-18(2)19(3)32-33-27/h9-16H,8,17H2,1-7H3. The highest BCUT2D eigenvalue weighted by Crippen LogP contribution is 2.52. The molecule has 4 rings (SSSR count). The van der Waals surface area contributed by atoms with Crippen molar-refractivity contribution < 1.29 is 52.0 Å². The summed E-state index contributed by atoms with van der Waals surface area (Å²) in [5.41, 5.74) is 2.38. The molecule has 0 saturated heterocycles. The van der Waals surface area contributed by atoms with E-state index in [1.165, 1.54) is 37.4 Å². The van der Waals surface area contributed by atoms with Crippen molar-refractivity contribution in [1.82, 2.24) is 15.2 Å². The first-order chi connectivity index (χ1) is 22.4. The van der Waals surface area contributed by atoms with Crippen molar-refractivity contribution >= 4 is 30.4 Å². The van der Waals surface area contributed by atoms with E-state index in [1.807, 2.05) is 0 Å². The molecule has 1 aromatic heterocycles. The minimum atomic E-state index is -4.19. The van der Waals surface area contributed by atoms with Crippen LogP contribution in [0.3, 0.4) is 0 Å². The Balaban J connectivity index is 1.92. The molecule has 3 aromatic carbocycles. The van der Waals surface area contributed by atoms with Gasteiger partial charge in [0.2, 0.25) is 0 Å². The molecule has 0 atom stereocenters. The molecular weight excluding hydrogens is 691 g/mol. The van der Waals surface area contributed by atoms with E-state index in [0.29, 0.717) is 22.5 Å². The number of aromatic nitrogens is 3. The number of nitrogens with zero attached hydrogens (tertiary/aromatic N) is 3. The lowest BCUT2D eigenvalue weighted by Gasteiger charge is -2.22. The highest BCUT2D eigenvalue weighted by atomic mass is 32.2. The fourth-order valence-electron chi connectivity index (χ4n) is 4.37. The van der Waals surface area contributed by atoms with Gasteiger partial charge >= 0.3 is 30.4 Å². The van der Waals surface area contributed by atoms with Gasteiger partial charge in [0.25, 0.3) is 0 Å². The summed E-state index contributed by atoms with van der Waals surface area (Å²) >= 11 is 0. The van der Waals surface area contributed by atoms with Crippen LogP contribution in [0.25, 0.3) is 22.3 Å². The van der Waals surface area contributed by atoms with Crippen molar-refractivity contribution in [1.29, 1.82) is 0 Å². The average Bonchev–Trinajstić information content (AvgIpc) is 2.97. The van der Waals surface area contributed by atoms with Gasteiger partial charge in [-0.2, -0.15) is 30.4 Å². The molecular formula is C30H33N3O12S3. The van der Waals surface area contributed by atoms with E-state index in [0.717, 1.165) is 18.8 Å². The first kappa shape index (κ1) is 36.2. The van der Waals surface area contributed by atoms with Gasteiger partial charge < -0.3 is 26.8 Å². The number of ether oxygens (including phenoxy) is 3. The fraction of sp³-hybridized carbons (Fsp3) is 0.300. The van der Waals surface area contributed by atoms with Crippen LogP contribution in [0.4, 0.5) is 0 Å². The van der Waals surface area contributed by atoms with Crippen LogP contribution in [0.15, 0.2) is 48.5 Å². The van der Waals surface area contributed by atoms with Gasteiger partial charge in [0.15, 0.2) is 28.8 Å². The molecule has 0 amide bonds. The molecule has 0 aliphatic rings.